The molecule has 2 N–H and O–H groups in total. The van der Waals surface area contributed by atoms with Crippen LogP contribution >= 0.6 is 0 Å². The molecule has 1 aliphatic carbocycles. The first-order chi connectivity index (χ1) is 10.2. The normalized spacial score (nSPS) is 22.0. The number of hydrogen-bond donors (Lipinski definition) is 2. The van der Waals surface area contributed by atoms with Crippen molar-refractivity contribution in [2.75, 3.05) is 0 Å². The molecule has 1 saturated carbocycles. The number of pyridine rings is 1. The molecule has 1 aliphatic rings. The number of rotatable bonds is 5. The molecule has 118 valence electrons. The van der Waals surface area contributed by atoms with E-state index in [4.69, 9.17) is 5.11 Å². The van der Waals surface area contributed by atoms with Crippen molar-refractivity contribution in [3.05, 3.63) is 29.1 Å². The molecule has 0 unspecified atom stereocenters. The number of carbonyl (C=O) groups is 3. The van der Waals surface area contributed by atoms with Crippen molar-refractivity contribution in [2.45, 2.75) is 34.2 Å². The maximum Gasteiger partial charge on any atom is 0.307 e. The Labute approximate surface area is 128 Å². The van der Waals surface area contributed by atoms with Crippen molar-refractivity contribution >= 4 is 17.7 Å². The fraction of sp³-hybridized carbons (Fsp3) is 0.500. The van der Waals surface area contributed by atoms with Gasteiger partial charge < -0.3 is 10.4 Å². The lowest BCUT2D eigenvalue weighted by atomic mass is 10.1. The molecule has 0 spiro atoms. The van der Waals surface area contributed by atoms with Gasteiger partial charge in [0.25, 0.3) is 0 Å². The molecule has 2 atom stereocenters. The Morgan fingerprint density at radius 3 is 2.36 bits per heavy atom. The van der Waals surface area contributed by atoms with Crippen molar-refractivity contribution in [2.24, 2.45) is 17.3 Å². The fourth-order valence-corrected chi connectivity index (χ4v) is 2.96. The Morgan fingerprint density at radius 1 is 1.27 bits per heavy atom. The van der Waals surface area contributed by atoms with Crippen molar-refractivity contribution in [3.8, 4) is 0 Å². The molecular weight excluding hydrogens is 284 g/mol. The number of amides is 1. The van der Waals surface area contributed by atoms with E-state index < -0.39 is 23.2 Å². The van der Waals surface area contributed by atoms with Gasteiger partial charge >= 0.3 is 5.97 Å². The fourth-order valence-electron chi connectivity index (χ4n) is 2.96. The molecule has 1 aromatic heterocycles. The summed E-state index contributed by atoms with van der Waals surface area (Å²) in [6.45, 7) is 7.00. The second-order valence-electron chi connectivity index (χ2n) is 6.32. The number of ketones is 1. The number of aliphatic carboxylic acids is 1. The van der Waals surface area contributed by atoms with Gasteiger partial charge in [-0.25, -0.2) is 0 Å². The highest BCUT2D eigenvalue weighted by atomic mass is 16.4. The second-order valence-corrected chi connectivity index (χ2v) is 6.32. The summed E-state index contributed by atoms with van der Waals surface area (Å²) in [6, 6.07) is 3.38. The molecule has 0 saturated heterocycles. The standard InChI is InChI=1S/C16H20N2O4/c1-8-11(9(2)19)6-5-10(18-8)7-17-14(20)12-13(15(21)22)16(12,3)4/h5-6,12-13H,7H2,1-4H3,(H,17,20)(H,21,22)/t12-,13+/m0/s1. The minimum Gasteiger partial charge on any atom is -0.481 e. The molecule has 22 heavy (non-hydrogen) atoms. The monoisotopic (exact) mass is 304 g/mol. The van der Waals surface area contributed by atoms with Gasteiger partial charge in [-0.05, 0) is 31.4 Å². The van der Waals surface area contributed by atoms with Crippen molar-refractivity contribution in [1.29, 1.82) is 0 Å². The molecule has 0 aliphatic heterocycles. The number of carboxylic acids is 1. The summed E-state index contributed by atoms with van der Waals surface area (Å²) >= 11 is 0. The Kier molecular flexibility index (Phi) is 4.04. The lowest BCUT2D eigenvalue weighted by molar-refractivity contribution is -0.140. The largest absolute Gasteiger partial charge is 0.481 e. The van der Waals surface area contributed by atoms with Gasteiger partial charge in [0, 0.05) is 11.3 Å². The van der Waals surface area contributed by atoms with Gasteiger partial charge in [-0.1, -0.05) is 13.8 Å². The zero-order chi connectivity index (χ0) is 16.7. The Hall–Kier alpha value is -2.24. The van der Waals surface area contributed by atoms with E-state index in [0.717, 1.165) is 0 Å². The van der Waals surface area contributed by atoms with E-state index in [1.54, 1.807) is 32.9 Å². The van der Waals surface area contributed by atoms with E-state index in [0.29, 0.717) is 17.0 Å². The molecule has 2 rings (SSSR count). The molecule has 0 radical (unpaired) electrons. The van der Waals surface area contributed by atoms with Crippen LogP contribution in [0.4, 0.5) is 0 Å². The highest BCUT2D eigenvalue weighted by Crippen LogP contribution is 2.58. The molecule has 0 aromatic carbocycles. The maximum atomic E-state index is 12.1. The smallest absolute Gasteiger partial charge is 0.307 e. The Morgan fingerprint density at radius 2 is 1.91 bits per heavy atom. The quantitative estimate of drug-likeness (QED) is 0.805. The first-order valence-electron chi connectivity index (χ1n) is 7.14. The summed E-state index contributed by atoms with van der Waals surface area (Å²) in [7, 11) is 0. The number of aryl methyl sites for hydroxylation is 1. The van der Waals surface area contributed by atoms with Gasteiger partial charge in [0.05, 0.1) is 24.1 Å². The molecule has 1 heterocycles. The maximum absolute atomic E-state index is 12.1. The minimum atomic E-state index is -0.940. The molecule has 1 aromatic rings. The van der Waals surface area contributed by atoms with Crippen LogP contribution in [0.25, 0.3) is 0 Å². The van der Waals surface area contributed by atoms with Gasteiger partial charge in [0.2, 0.25) is 5.91 Å². The van der Waals surface area contributed by atoms with Gasteiger partial charge in [-0.15, -0.1) is 0 Å². The lowest BCUT2D eigenvalue weighted by Crippen LogP contribution is -2.27. The molecule has 0 bridgehead atoms. The van der Waals surface area contributed by atoms with E-state index in [2.05, 4.69) is 10.3 Å². The molecule has 6 nitrogen and oxygen atoms in total. The second kappa shape index (κ2) is 5.51. The number of carbonyl (C=O) groups excluding carboxylic acids is 2. The average Bonchev–Trinajstić information content (AvgIpc) is 2.99. The summed E-state index contributed by atoms with van der Waals surface area (Å²) in [6.07, 6.45) is 0. The van der Waals surface area contributed by atoms with Crippen LogP contribution in [0.1, 0.15) is 42.5 Å². The molecule has 1 amide bonds. The van der Waals surface area contributed by atoms with Crippen molar-refractivity contribution in [3.63, 3.8) is 0 Å². The summed E-state index contributed by atoms with van der Waals surface area (Å²) in [5.74, 6) is -2.41. The predicted octanol–water partition coefficient (Wildman–Crippen LogP) is 1.57. The van der Waals surface area contributed by atoms with Crippen molar-refractivity contribution < 1.29 is 19.5 Å². The molecular formula is C16H20N2O4. The van der Waals surface area contributed by atoms with Crippen LogP contribution in [-0.2, 0) is 16.1 Å². The molecule has 6 heteroatoms. The van der Waals surface area contributed by atoms with Crippen LogP contribution in [-0.4, -0.2) is 27.8 Å². The number of hydrogen-bond acceptors (Lipinski definition) is 4. The Bertz CT molecular complexity index is 652. The number of aromatic nitrogens is 1. The van der Waals surface area contributed by atoms with Gasteiger partial charge in [-0.3, -0.25) is 19.4 Å². The van der Waals surface area contributed by atoms with Crippen LogP contribution in [0.2, 0.25) is 0 Å². The lowest BCUT2D eigenvalue weighted by Gasteiger charge is -2.08. The van der Waals surface area contributed by atoms with Gasteiger partial charge in [0.15, 0.2) is 5.78 Å². The highest BCUT2D eigenvalue weighted by molar-refractivity contribution is 5.95. The van der Waals surface area contributed by atoms with E-state index in [-0.39, 0.29) is 18.2 Å². The van der Waals surface area contributed by atoms with E-state index in [1.165, 1.54) is 6.92 Å². The summed E-state index contributed by atoms with van der Waals surface area (Å²) < 4.78 is 0. The summed E-state index contributed by atoms with van der Waals surface area (Å²) in [5, 5.41) is 11.8. The number of nitrogens with zero attached hydrogens (tertiary/aromatic N) is 1. The SMILES string of the molecule is CC(=O)c1ccc(CNC(=O)[C@@H]2[C@H](C(=O)O)C2(C)C)nc1C. The third-order valence-electron chi connectivity index (χ3n) is 4.34. The first kappa shape index (κ1) is 16.1. The van der Waals surface area contributed by atoms with Crippen LogP contribution in [0.5, 0.6) is 0 Å². The predicted molar refractivity (Wildman–Crippen MR) is 79.2 cm³/mol. The van der Waals surface area contributed by atoms with Crippen LogP contribution in [0.15, 0.2) is 12.1 Å². The zero-order valence-electron chi connectivity index (χ0n) is 13.1. The minimum absolute atomic E-state index is 0.0513. The number of Topliss-reactive ketones (excluding diaryl/α,β-unsaturated/α-hetero) is 1. The third kappa shape index (κ3) is 2.86. The third-order valence-corrected chi connectivity index (χ3v) is 4.34. The average molecular weight is 304 g/mol. The highest BCUT2D eigenvalue weighted by Gasteiger charge is 2.65. The number of nitrogens with one attached hydrogen (secondary N) is 1. The number of carboxylic acid groups (broad SMARTS) is 1. The van der Waals surface area contributed by atoms with E-state index in [1.807, 2.05) is 0 Å². The topological polar surface area (TPSA) is 96.4 Å². The van der Waals surface area contributed by atoms with E-state index in [9.17, 15) is 14.4 Å². The summed E-state index contributed by atoms with van der Waals surface area (Å²) in [4.78, 5) is 38.8. The molecule has 1 fully saturated rings. The van der Waals surface area contributed by atoms with Crippen LogP contribution in [0.3, 0.4) is 0 Å². The summed E-state index contributed by atoms with van der Waals surface area (Å²) in [5.41, 5.74) is 1.30. The van der Waals surface area contributed by atoms with Crippen LogP contribution in [0, 0.1) is 24.2 Å². The zero-order valence-corrected chi connectivity index (χ0v) is 13.1. The van der Waals surface area contributed by atoms with Gasteiger partial charge in [0.1, 0.15) is 0 Å². The van der Waals surface area contributed by atoms with Crippen LogP contribution < -0.4 is 5.32 Å². The Balaban J connectivity index is 1.99. The van der Waals surface area contributed by atoms with E-state index >= 15 is 0 Å². The first-order valence-corrected chi connectivity index (χ1v) is 7.14. The van der Waals surface area contributed by atoms with Crippen molar-refractivity contribution in [1.82, 2.24) is 10.3 Å². The van der Waals surface area contributed by atoms with Gasteiger partial charge in [-0.2, -0.15) is 0 Å².